The first-order chi connectivity index (χ1) is 15.0. The Balaban J connectivity index is 1.37. The lowest BCUT2D eigenvalue weighted by atomic mass is 10.3. The van der Waals surface area contributed by atoms with Crippen molar-refractivity contribution in [2.75, 3.05) is 5.32 Å². The molecule has 4 heterocycles. The number of anilines is 1. The number of rotatable bonds is 6. The second kappa shape index (κ2) is 7.65. The molecule has 0 bridgehead atoms. The van der Waals surface area contributed by atoms with Gasteiger partial charge in [-0.1, -0.05) is 17.4 Å². The molecule has 5 rings (SSSR count). The Morgan fingerprint density at radius 2 is 2.10 bits per heavy atom. The smallest absolute Gasteiger partial charge is 0.279 e. The van der Waals surface area contributed by atoms with Gasteiger partial charge >= 0.3 is 0 Å². The molecular weight excluding hydrogens is 419 g/mol. The zero-order valence-electron chi connectivity index (χ0n) is 16.9. The minimum absolute atomic E-state index is 0.149. The molecule has 9 nitrogen and oxygen atoms in total. The van der Waals surface area contributed by atoms with Crippen molar-refractivity contribution in [3.63, 3.8) is 0 Å². The van der Waals surface area contributed by atoms with Crippen molar-refractivity contribution in [3.05, 3.63) is 53.6 Å². The van der Waals surface area contributed by atoms with E-state index in [1.165, 1.54) is 0 Å². The van der Waals surface area contributed by atoms with E-state index in [1.807, 2.05) is 24.6 Å². The van der Waals surface area contributed by atoms with Gasteiger partial charge < -0.3 is 9.88 Å². The Kier molecular flexibility index (Phi) is 4.81. The predicted octanol–water partition coefficient (Wildman–Crippen LogP) is 3.83. The van der Waals surface area contributed by atoms with E-state index in [4.69, 9.17) is 0 Å². The van der Waals surface area contributed by atoms with Crippen LogP contribution in [0.5, 0.6) is 0 Å². The molecule has 31 heavy (non-hydrogen) atoms. The topological polar surface area (TPSA) is 103 Å². The summed E-state index contributed by atoms with van der Waals surface area (Å²) in [5.74, 6) is 0.666. The van der Waals surface area contributed by atoms with E-state index in [9.17, 15) is 9.18 Å². The lowest BCUT2D eigenvalue weighted by molar-refractivity contribution is 0.101. The standard InChI is InChI=1S/C20H19FN8OS/c1-11(2)29-10-23-27-18(29)13-4-3-5-15(24-13)25-19(30)16-17(21)31-20(26-16)28-8-14(22-9-28)12-6-7-12/h3-5,8-12H,6-7H2,1-2H3,(H,24,25,30). The Labute approximate surface area is 181 Å². The molecule has 1 fully saturated rings. The Morgan fingerprint density at radius 1 is 1.26 bits per heavy atom. The molecular formula is C20H19FN8OS. The van der Waals surface area contributed by atoms with Gasteiger partial charge in [0.1, 0.15) is 24.2 Å². The molecule has 1 N–H and O–H groups in total. The van der Waals surface area contributed by atoms with Crippen LogP contribution in [0.2, 0.25) is 0 Å². The van der Waals surface area contributed by atoms with Crippen LogP contribution in [0.15, 0.2) is 37.1 Å². The van der Waals surface area contributed by atoms with Gasteiger partial charge in [0.2, 0.25) is 5.13 Å². The summed E-state index contributed by atoms with van der Waals surface area (Å²) in [7, 11) is 0. The fourth-order valence-corrected chi connectivity index (χ4v) is 3.92. The summed E-state index contributed by atoms with van der Waals surface area (Å²) < 4.78 is 18.0. The molecule has 0 aliphatic heterocycles. The first-order valence-electron chi connectivity index (χ1n) is 9.88. The lowest BCUT2D eigenvalue weighted by Crippen LogP contribution is -2.15. The number of carbonyl (C=O) groups is 1. The van der Waals surface area contributed by atoms with Crippen LogP contribution in [-0.4, -0.2) is 40.2 Å². The van der Waals surface area contributed by atoms with Crippen LogP contribution in [0.1, 0.15) is 54.8 Å². The molecule has 11 heteroatoms. The van der Waals surface area contributed by atoms with Gasteiger partial charge in [0.15, 0.2) is 16.6 Å². The molecule has 4 aromatic heterocycles. The van der Waals surface area contributed by atoms with Crippen LogP contribution in [0.4, 0.5) is 10.2 Å². The van der Waals surface area contributed by atoms with E-state index in [0.29, 0.717) is 22.6 Å². The zero-order valence-corrected chi connectivity index (χ0v) is 17.7. The lowest BCUT2D eigenvalue weighted by Gasteiger charge is -2.10. The maximum absolute atomic E-state index is 14.5. The predicted molar refractivity (Wildman–Crippen MR) is 113 cm³/mol. The van der Waals surface area contributed by atoms with Crippen LogP contribution in [-0.2, 0) is 0 Å². The SMILES string of the molecule is CC(C)n1cnnc1-c1cccc(NC(=O)c2nc(-n3cnc(C4CC4)c3)sc2F)n1. The van der Waals surface area contributed by atoms with Gasteiger partial charge in [0, 0.05) is 18.2 Å². The second-order valence-electron chi connectivity index (χ2n) is 7.62. The number of pyridine rings is 1. The molecule has 1 amide bonds. The third kappa shape index (κ3) is 3.83. The molecule has 1 saturated carbocycles. The van der Waals surface area contributed by atoms with Crippen LogP contribution >= 0.6 is 11.3 Å². The van der Waals surface area contributed by atoms with E-state index in [-0.39, 0.29) is 17.6 Å². The van der Waals surface area contributed by atoms with Gasteiger partial charge in [0.05, 0.1) is 5.69 Å². The highest BCUT2D eigenvalue weighted by atomic mass is 32.1. The van der Waals surface area contributed by atoms with Crippen LogP contribution < -0.4 is 5.32 Å². The third-order valence-corrected chi connectivity index (χ3v) is 5.82. The third-order valence-electron chi connectivity index (χ3n) is 4.96. The highest BCUT2D eigenvalue weighted by Crippen LogP contribution is 2.39. The summed E-state index contributed by atoms with van der Waals surface area (Å²) >= 11 is 0.800. The minimum Gasteiger partial charge on any atom is -0.310 e. The second-order valence-corrected chi connectivity index (χ2v) is 8.54. The van der Waals surface area contributed by atoms with Crippen LogP contribution in [0, 0.1) is 5.13 Å². The Bertz CT molecular complexity index is 1260. The summed E-state index contributed by atoms with van der Waals surface area (Å²) in [4.78, 5) is 25.6. The fourth-order valence-electron chi connectivity index (χ4n) is 3.18. The quantitative estimate of drug-likeness (QED) is 0.491. The molecule has 1 aliphatic rings. The summed E-state index contributed by atoms with van der Waals surface area (Å²) in [6, 6.07) is 5.29. The van der Waals surface area contributed by atoms with Crippen molar-refractivity contribution in [1.29, 1.82) is 0 Å². The number of thiazole rings is 1. The number of amides is 1. The molecule has 0 aromatic carbocycles. The van der Waals surface area contributed by atoms with E-state index in [1.54, 1.807) is 35.4 Å². The van der Waals surface area contributed by atoms with Gasteiger partial charge in [-0.25, -0.2) is 15.0 Å². The first-order valence-corrected chi connectivity index (χ1v) is 10.7. The average Bonchev–Trinajstić information content (AvgIpc) is 3.16. The summed E-state index contributed by atoms with van der Waals surface area (Å²) in [6.45, 7) is 4.02. The number of nitrogens with zero attached hydrogens (tertiary/aromatic N) is 7. The number of hydrogen-bond acceptors (Lipinski definition) is 7. The summed E-state index contributed by atoms with van der Waals surface area (Å²) in [5.41, 5.74) is 1.24. The summed E-state index contributed by atoms with van der Waals surface area (Å²) in [6.07, 6.45) is 7.31. The maximum atomic E-state index is 14.5. The van der Waals surface area contributed by atoms with Gasteiger partial charge in [-0.05, 0) is 38.8 Å². The fraction of sp³-hybridized carbons (Fsp3) is 0.300. The van der Waals surface area contributed by atoms with Crippen molar-refractivity contribution < 1.29 is 9.18 Å². The number of aromatic nitrogens is 7. The van der Waals surface area contributed by atoms with Gasteiger partial charge in [-0.2, -0.15) is 4.39 Å². The van der Waals surface area contributed by atoms with Crippen molar-refractivity contribution in [2.45, 2.75) is 38.6 Å². The largest absolute Gasteiger partial charge is 0.310 e. The van der Waals surface area contributed by atoms with Gasteiger partial charge in [-0.3, -0.25) is 9.36 Å². The summed E-state index contributed by atoms with van der Waals surface area (Å²) in [5, 5.41) is 10.4. The molecule has 158 valence electrons. The monoisotopic (exact) mass is 438 g/mol. The molecule has 4 aromatic rings. The zero-order chi connectivity index (χ0) is 21.5. The molecule has 0 saturated heterocycles. The number of carbonyl (C=O) groups excluding carboxylic acids is 1. The minimum atomic E-state index is -0.669. The Hall–Kier alpha value is -3.47. The van der Waals surface area contributed by atoms with E-state index in [2.05, 4.69) is 30.5 Å². The number of imidazole rings is 1. The molecule has 0 spiro atoms. The molecule has 0 atom stereocenters. The normalized spacial score (nSPS) is 13.7. The average molecular weight is 438 g/mol. The number of nitrogens with one attached hydrogen (secondary N) is 1. The van der Waals surface area contributed by atoms with Crippen LogP contribution in [0.3, 0.4) is 0 Å². The maximum Gasteiger partial charge on any atom is 0.279 e. The van der Waals surface area contributed by atoms with Crippen molar-refractivity contribution in [2.24, 2.45) is 0 Å². The molecule has 0 unspecified atom stereocenters. The Morgan fingerprint density at radius 3 is 2.87 bits per heavy atom. The van der Waals surface area contributed by atoms with E-state index >= 15 is 0 Å². The van der Waals surface area contributed by atoms with Gasteiger partial charge in [0.25, 0.3) is 5.91 Å². The van der Waals surface area contributed by atoms with Crippen molar-refractivity contribution >= 4 is 23.1 Å². The van der Waals surface area contributed by atoms with Crippen molar-refractivity contribution in [1.82, 2.24) is 34.3 Å². The molecule has 0 radical (unpaired) electrons. The van der Waals surface area contributed by atoms with Crippen LogP contribution in [0.25, 0.3) is 16.6 Å². The van der Waals surface area contributed by atoms with Gasteiger partial charge in [-0.15, -0.1) is 10.2 Å². The number of hydrogen-bond donors (Lipinski definition) is 1. The number of halogens is 1. The molecule has 1 aliphatic carbocycles. The van der Waals surface area contributed by atoms with E-state index in [0.717, 1.165) is 29.9 Å². The van der Waals surface area contributed by atoms with E-state index < -0.39 is 11.0 Å². The van der Waals surface area contributed by atoms with Crippen molar-refractivity contribution in [3.8, 4) is 16.6 Å². The highest BCUT2D eigenvalue weighted by Gasteiger charge is 2.27. The first kappa shape index (κ1) is 19.5. The highest BCUT2D eigenvalue weighted by molar-refractivity contribution is 7.12.